The maximum atomic E-state index is 13.8. The number of nitrogens with zero attached hydrogens (tertiary/aromatic N) is 3. The van der Waals surface area contributed by atoms with Crippen LogP contribution in [0.3, 0.4) is 0 Å². The number of halogens is 1. The van der Waals surface area contributed by atoms with Gasteiger partial charge in [-0.2, -0.15) is 0 Å². The van der Waals surface area contributed by atoms with Crippen molar-refractivity contribution in [3.63, 3.8) is 0 Å². The highest BCUT2D eigenvalue weighted by atomic mass is 19.1. The van der Waals surface area contributed by atoms with Crippen LogP contribution in [0.15, 0.2) is 23.1 Å². The van der Waals surface area contributed by atoms with Crippen LogP contribution in [-0.2, 0) is 12.6 Å². The van der Waals surface area contributed by atoms with Gasteiger partial charge in [-0.3, -0.25) is 14.1 Å². The Balaban J connectivity index is 2.07. The summed E-state index contributed by atoms with van der Waals surface area (Å²) in [5.41, 5.74) is 1.76. The van der Waals surface area contributed by atoms with E-state index in [9.17, 15) is 9.18 Å². The number of aromatic nitrogens is 3. The summed E-state index contributed by atoms with van der Waals surface area (Å²) in [5, 5.41) is 0.736. The highest BCUT2D eigenvalue weighted by Crippen LogP contribution is 2.45. The summed E-state index contributed by atoms with van der Waals surface area (Å²) in [6, 6.07) is 2.78. The third-order valence-corrected chi connectivity index (χ3v) is 5.17. The average Bonchev–Trinajstić information content (AvgIpc) is 2.63. The Hall–Kier alpha value is -2.37. The van der Waals surface area contributed by atoms with Crippen molar-refractivity contribution >= 4 is 21.9 Å². The molecule has 0 bridgehead atoms. The van der Waals surface area contributed by atoms with E-state index in [1.165, 1.54) is 12.1 Å². The molecule has 3 aromatic rings. The molecule has 1 aliphatic heterocycles. The van der Waals surface area contributed by atoms with Gasteiger partial charge in [0.2, 0.25) is 0 Å². The van der Waals surface area contributed by atoms with E-state index in [-0.39, 0.29) is 17.0 Å². The summed E-state index contributed by atoms with van der Waals surface area (Å²) in [7, 11) is 1.76. The summed E-state index contributed by atoms with van der Waals surface area (Å²) >= 11 is 0. The topological polar surface area (TPSA) is 49.0 Å². The lowest BCUT2D eigenvalue weighted by atomic mass is 9.77. The molecule has 0 saturated heterocycles. The Kier molecular flexibility index (Phi) is 2.04. The van der Waals surface area contributed by atoms with Crippen molar-refractivity contribution in [1.82, 2.24) is 14.1 Å². The first-order chi connectivity index (χ1) is 10.6. The monoisotopic (exact) mass is 299 g/mol. The van der Waals surface area contributed by atoms with E-state index in [0.29, 0.717) is 17.9 Å². The van der Waals surface area contributed by atoms with E-state index in [1.807, 2.05) is 4.57 Å². The molecule has 1 aromatic carbocycles. The lowest BCUT2D eigenvalue weighted by Crippen LogP contribution is -2.50. The van der Waals surface area contributed by atoms with Crippen LogP contribution in [-0.4, -0.2) is 20.7 Å². The predicted molar refractivity (Wildman–Crippen MR) is 79.8 cm³/mol. The fourth-order valence-corrected chi connectivity index (χ4v) is 3.83. The maximum Gasteiger partial charge on any atom is 0.329 e. The molecule has 1 fully saturated rings. The quantitative estimate of drug-likeness (QED) is 0.640. The van der Waals surface area contributed by atoms with Crippen LogP contribution in [0.5, 0.6) is 5.75 Å². The number of pyridine rings is 1. The Morgan fingerprint density at radius 3 is 2.91 bits per heavy atom. The van der Waals surface area contributed by atoms with Gasteiger partial charge in [0.1, 0.15) is 18.2 Å². The van der Waals surface area contributed by atoms with Gasteiger partial charge in [-0.1, -0.05) is 0 Å². The van der Waals surface area contributed by atoms with Crippen molar-refractivity contribution in [1.29, 1.82) is 0 Å². The lowest BCUT2D eigenvalue weighted by molar-refractivity contribution is 0.0716. The molecule has 0 amide bonds. The number of ether oxygens (including phenoxy) is 1. The average molecular weight is 299 g/mol. The molecule has 0 N–H and O–H groups in total. The minimum Gasteiger partial charge on any atom is -0.490 e. The second-order valence-electron chi connectivity index (χ2n) is 6.33. The van der Waals surface area contributed by atoms with Gasteiger partial charge in [0.25, 0.3) is 0 Å². The van der Waals surface area contributed by atoms with Crippen molar-refractivity contribution in [3.8, 4) is 5.75 Å². The van der Waals surface area contributed by atoms with Crippen molar-refractivity contribution in [2.24, 2.45) is 7.05 Å². The number of hydrogen-bond acceptors (Lipinski definition) is 3. The molecule has 3 heterocycles. The molecule has 2 aromatic heterocycles. The summed E-state index contributed by atoms with van der Waals surface area (Å²) in [4.78, 5) is 17.1. The summed E-state index contributed by atoms with van der Waals surface area (Å²) in [5.74, 6) is 0.111. The molecule has 0 unspecified atom stereocenters. The maximum absolute atomic E-state index is 13.8. The molecule has 0 atom stereocenters. The second-order valence-corrected chi connectivity index (χ2v) is 6.33. The molecule has 5 rings (SSSR count). The summed E-state index contributed by atoms with van der Waals surface area (Å²) in [6.07, 6.45) is 4.54. The second kappa shape index (κ2) is 3.69. The molecule has 112 valence electrons. The zero-order valence-electron chi connectivity index (χ0n) is 12.1. The van der Waals surface area contributed by atoms with Crippen LogP contribution in [0.1, 0.15) is 19.3 Å². The van der Waals surface area contributed by atoms with Gasteiger partial charge in [0.15, 0.2) is 0 Å². The van der Waals surface area contributed by atoms with Crippen LogP contribution in [0.4, 0.5) is 4.39 Å². The van der Waals surface area contributed by atoms with Gasteiger partial charge in [-0.05, 0) is 19.3 Å². The minimum absolute atomic E-state index is 0.0511. The molecule has 5 nitrogen and oxygen atoms in total. The number of hydrogen-bond donors (Lipinski definition) is 0. The fraction of sp³-hybridized carbons (Fsp3) is 0.375. The number of rotatable bonds is 0. The Morgan fingerprint density at radius 1 is 1.36 bits per heavy atom. The fourth-order valence-electron chi connectivity index (χ4n) is 3.83. The van der Waals surface area contributed by atoms with Crippen molar-refractivity contribution < 1.29 is 9.13 Å². The van der Waals surface area contributed by atoms with Crippen molar-refractivity contribution in [2.45, 2.75) is 24.8 Å². The number of imidazole rings is 1. The van der Waals surface area contributed by atoms with E-state index in [2.05, 4.69) is 4.98 Å². The Bertz CT molecular complexity index is 1010. The third-order valence-electron chi connectivity index (χ3n) is 5.17. The van der Waals surface area contributed by atoms with E-state index < -0.39 is 0 Å². The smallest absolute Gasteiger partial charge is 0.329 e. The number of fused-ring (bicyclic) bond motifs is 1. The molecular weight excluding hydrogens is 285 g/mol. The molecule has 1 spiro atoms. The van der Waals surface area contributed by atoms with Gasteiger partial charge in [0, 0.05) is 19.2 Å². The number of benzene rings is 1. The normalized spacial score (nSPS) is 18.6. The van der Waals surface area contributed by atoms with E-state index in [4.69, 9.17) is 4.74 Å². The highest BCUT2D eigenvalue weighted by molar-refractivity contribution is 6.06. The summed E-state index contributed by atoms with van der Waals surface area (Å²) in [6.45, 7) is 0.402. The van der Waals surface area contributed by atoms with E-state index in [0.717, 1.165) is 35.7 Å². The standard InChI is InChI=1S/C16H14FN3O2/c1-19-11-7-18-10-5-9(17)6-12-13(10)14(11)20(15(19)21)16(8-22-12)3-2-4-16/h5-7H,2-4,8H2,1H3. The van der Waals surface area contributed by atoms with Gasteiger partial charge in [-0.15, -0.1) is 0 Å². The lowest BCUT2D eigenvalue weighted by Gasteiger charge is -2.41. The molecule has 0 radical (unpaired) electrons. The molecule has 6 heteroatoms. The van der Waals surface area contributed by atoms with Crippen molar-refractivity contribution in [3.05, 3.63) is 34.6 Å². The van der Waals surface area contributed by atoms with Gasteiger partial charge >= 0.3 is 5.69 Å². The zero-order valence-corrected chi connectivity index (χ0v) is 12.1. The molecule has 1 aliphatic carbocycles. The zero-order chi connectivity index (χ0) is 15.1. The summed E-state index contributed by atoms with van der Waals surface area (Å²) < 4.78 is 23.2. The van der Waals surface area contributed by atoms with Crippen molar-refractivity contribution in [2.75, 3.05) is 6.61 Å². The van der Waals surface area contributed by atoms with E-state index in [1.54, 1.807) is 17.8 Å². The van der Waals surface area contributed by atoms with Gasteiger partial charge in [-0.25, -0.2) is 9.18 Å². The first kappa shape index (κ1) is 12.2. The van der Waals surface area contributed by atoms with E-state index >= 15 is 0 Å². The predicted octanol–water partition coefficient (Wildman–Crippen LogP) is 2.30. The third kappa shape index (κ3) is 1.24. The van der Waals surface area contributed by atoms with Crippen LogP contribution < -0.4 is 10.4 Å². The van der Waals surface area contributed by atoms with Crippen LogP contribution in [0, 0.1) is 5.82 Å². The number of aryl methyl sites for hydroxylation is 1. The van der Waals surface area contributed by atoms with Crippen LogP contribution in [0.25, 0.3) is 21.9 Å². The molecular formula is C16H14FN3O2. The largest absolute Gasteiger partial charge is 0.490 e. The first-order valence-corrected chi connectivity index (χ1v) is 7.44. The minimum atomic E-state index is -0.372. The van der Waals surface area contributed by atoms with Gasteiger partial charge in [0.05, 0.1) is 33.7 Å². The Morgan fingerprint density at radius 2 is 2.18 bits per heavy atom. The van der Waals surface area contributed by atoms with Crippen LogP contribution in [0.2, 0.25) is 0 Å². The molecule has 2 aliphatic rings. The Labute approximate surface area is 124 Å². The molecule has 1 saturated carbocycles. The highest BCUT2D eigenvalue weighted by Gasteiger charge is 2.44. The SMILES string of the molecule is Cn1c(=O)n2c3c4c(cc(F)cc4ncc31)OCC21CCC1. The molecule has 22 heavy (non-hydrogen) atoms. The first-order valence-electron chi connectivity index (χ1n) is 7.44. The van der Waals surface area contributed by atoms with Gasteiger partial charge < -0.3 is 4.74 Å². The van der Waals surface area contributed by atoms with Crippen LogP contribution >= 0.6 is 0 Å².